The van der Waals surface area contributed by atoms with E-state index in [1.165, 1.54) is 0 Å². The van der Waals surface area contributed by atoms with E-state index in [1.807, 2.05) is 25.1 Å². The van der Waals surface area contributed by atoms with E-state index in [1.54, 1.807) is 0 Å². The van der Waals surface area contributed by atoms with Crippen LogP contribution in [0.25, 0.3) is 0 Å². The van der Waals surface area contributed by atoms with Crippen molar-refractivity contribution < 1.29 is 9.47 Å². The highest BCUT2D eigenvalue weighted by molar-refractivity contribution is 5.99. The zero-order chi connectivity index (χ0) is 13.2. The molecule has 100 valence electrons. The Morgan fingerprint density at radius 1 is 1.42 bits per heavy atom. The lowest BCUT2D eigenvalue weighted by Gasteiger charge is -2.18. The lowest BCUT2D eigenvalue weighted by atomic mass is 10.2. The minimum atomic E-state index is -0.176. The Bertz CT molecular complexity index is 555. The van der Waals surface area contributed by atoms with E-state index in [2.05, 4.69) is 20.6 Å². The monoisotopic (exact) mass is 261 g/mol. The van der Waals surface area contributed by atoms with Crippen molar-refractivity contribution in [1.82, 2.24) is 10.6 Å². The Morgan fingerprint density at radius 2 is 2.32 bits per heavy atom. The van der Waals surface area contributed by atoms with Crippen molar-refractivity contribution in [3.8, 4) is 11.5 Å². The quantitative estimate of drug-likeness (QED) is 0.703. The second-order valence-corrected chi connectivity index (χ2v) is 4.25. The van der Waals surface area contributed by atoms with Crippen molar-refractivity contribution in [3.05, 3.63) is 23.8 Å². The maximum Gasteiger partial charge on any atom is 0.231 e. The van der Waals surface area contributed by atoms with E-state index < -0.39 is 0 Å². The number of hydrogen-bond donors (Lipinski definition) is 3. The summed E-state index contributed by atoms with van der Waals surface area (Å²) < 4.78 is 10.8. The van der Waals surface area contributed by atoms with E-state index in [9.17, 15) is 0 Å². The number of nitrogens with two attached hydrogens (primary N) is 1. The second-order valence-electron chi connectivity index (χ2n) is 4.25. The lowest BCUT2D eigenvalue weighted by Crippen LogP contribution is -2.47. The molecule has 0 spiro atoms. The van der Waals surface area contributed by atoms with Crippen molar-refractivity contribution >= 4 is 11.9 Å². The first kappa shape index (κ1) is 11.6. The molecule has 7 nitrogen and oxygen atoms in total. The van der Waals surface area contributed by atoms with Crippen molar-refractivity contribution in [3.63, 3.8) is 0 Å². The van der Waals surface area contributed by atoms with E-state index in [-0.39, 0.29) is 13.0 Å². The predicted molar refractivity (Wildman–Crippen MR) is 71.1 cm³/mol. The van der Waals surface area contributed by atoms with Gasteiger partial charge in [-0.1, -0.05) is 12.1 Å². The third-order valence-electron chi connectivity index (χ3n) is 2.81. The number of guanidine groups is 2. The number of para-hydroxylation sites is 1. The highest BCUT2D eigenvalue weighted by atomic mass is 16.7. The minimum Gasteiger partial charge on any atom is -0.454 e. The van der Waals surface area contributed by atoms with Crippen LogP contribution in [0.15, 0.2) is 28.2 Å². The molecule has 2 heterocycles. The maximum atomic E-state index is 5.65. The van der Waals surface area contributed by atoms with Gasteiger partial charge in [-0.2, -0.15) is 0 Å². The molecular formula is C12H15N5O2. The maximum absolute atomic E-state index is 5.65. The number of aliphatic imine (C=N–C) groups is 2. The van der Waals surface area contributed by atoms with Crippen LogP contribution in [0.3, 0.4) is 0 Å². The van der Waals surface area contributed by atoms with Gasteiger partial charge in [0, 0.05) is 12.1 Å². The number of fused-ring (bicyclic) bond motifs is 1. The van der Waals surface area contributed by atoms with E-state index in [0.717, 1.165) is 17.1 Å². The molecule has 7 heteroatoms. The first-order valence-corrected chi connectivity index (χ1v) is 6.02. The summed E-state index contributed by atoms with van der Waals surface area (Å²) in [5.41, 5.74) is 6.66. The fourth-order valence-corrected chi connectivity index (χ4v) is 2.00. The highest BCUT2D eigenvalue weighted by Gasteiger charge is 2.17. The average Bonchev–Trinajstić information content (AvgIpc) is 2.83. The van der Waals surface area contributed by atoms with Crippen molar-refractivity contribution in [2.24, 2.45) is 15.7 Å². The average molecular weight is 261 g/mol. The third kappa shape index (κ3) is 2.40. The number of hydrogen-bond acceptors (Lipinski definition) is 7. The van der Waals surface area contributed by atoms with Gasteiger partial charge in [0.25, 0.3) is 0 Å². The lowest BCUT2D eigenvalue weighted by molar-refractivity contribution is 0.173. The fourth-order valence-electron chi connectivity index (χ4n) is 2.00. The molecule has 2 aliphatic rings. The molecule has 0 amide bonds. The van der Waals surface area contributed by atoms with E-state index in [4.69, 9.17) is 15.2 Å². The molecule has 1 aromatic rings. The first-order chi connectivity index (χ1) is 9.22. The molecule has 1 aromatic carbocycles. The summed E-state index contributed by atoms with van der Waals surface area (Å²) in [7, 11) is 0. The van der Waals surface area contributed by atoms with Gasteiger partial charge >= 0.3 is 0 Å². The van der Waals surface area contributed by atoms with Gasteiger partial charge < -0.3 is 20.5 Å². The molecule has 0 bridgehead atoms. The van der Waals surface area contributed by atoms with Crippen molar-refractivity contribution in [1.29, 1.82) is 0 Å². The van der Waals surface area contributed by atoms with Crippen molar-refractivity contribution in [2.75, 3.05) is 6.79 Å². The van der Waals surface area contributed by atoms with Gasteiger partial charge in [0.15, 0.2) is 17.5 Å². The molecule has 0 radical (unpaired) electrons. The molecule has 3 rings (SSSR count). The summed E-state index contributed by atoms with van der Waals surface area (Å²) in [5.74, 6) is 2.52. The number of ether oxygens (including phenoxy) is 2. The summed E-state index contributed by atoms with van der Waals surface area (Å²) in [6.45, 7) is 2.70. The second kappa shape index (κ2) is 4.68. The Morgan fingerprint density at radius 3 is 3.16 bits per heavy atom. The van der Waals surface area contributed by atoms with Gasteiger partial charge in [-0.25, -0.2) is 9.98 Å². The van der Waals surface area contributed by atoms with Gasteiger partial charge in [-0.15, -0.1) is 0 Å². The summed E-state index contributed by atoms with van der Waals surface area (Å²) in [6.07, 6.45) is -0.176. The standard InChI is InChI=1S/C12H15N5O2/c1-7-15-11(13)17-12(16-7)14-5-8-3-2-4-9-10(8)19-6-18-9/h2-4,7H,5-6H2,1H3,(H4,13,14,15,16,17). The van der Waals surface area contributed by atoms with Crippen LogP contribution in [0.2, 0.25) is 0 Å². The topological polar surface area (TPSA) is 93.3 Å². The molecule has 1 unspecified atom stereocenters. The summed E-state index contributed by atoms with van der Waals surface area (Å²) in [4.78, 5) is 8.35. The smallest absolute Gasteiger partial charge is 0.231 e. The van der Waals surface area contributed by atoms with Gasteiger partial charge in [-0.05, 0) is 13.0 Å². The van der Waals surface area contributed by atoms with Crippen LogP contribution in [-0.2, 0) is 6.54 Å². The van der Waals surface area contributed by atoms with Crippen LogP contribution < -0.4 is 25.8 Å². The zero-order valence-corrected chi connectivity index (χ0v) is 10.5. The number of rotatable bonds is 2. The largest absolute Gasteiger partial charge is 0.454 e. The van der Waals surface area contributed by atoms with E-state index in [0.29, 0.717) is 18.5 Å². The fraction of sp³-hybridized carbons (Fsp3) is 0.333. The van der Waals surface area contributed by atoms with Gasteiger partial charge in [0.2, 0.25) is 12.8 Å². The molecule has 0 saturated heterocycles. The van der Waals surface area contributed by atoms with Crippen LogP contribution >= 0.6 is 0 Å². The Labute approximate surface area is 110 Å². The predicted octanol–water partition coefficient (Wildman–Crippen LogP) is 0.125. The van der Waals surface area contributed by atoms with Crippen LogP contribution in [-0.4, -0.2) is 24.9 Å². The van der Waals surface area contributed by atoms with Gasteiger partial charge in [-0.3, -0.25) is 5.32 Å². The van der Waals surface area contributed by atoms with Gasteiger partial charge in [0.1, 0.15) is 6.17 Å². The van der Waals surface area contributed by atoms with E-state index >= 15 is 0 Å². The highest BCUT2D eigenvalue weighted by Crippen LogP contribution is 2.35. The first-order valence-electron chi connectivity index (χ1n) is 6.02. The number of nitrogens with one attached hydrogen (secondary N) is 2. The molecule has 0 fully saturated rings. The SMILES string of the molecule is CC1N=C(N)NC(NCc2cccc3c2OCO3)=N1. The number of nitrogens with zero attached hydrogens (tertiary/aromatic N) is 2. The zero-order valence-electron chi connectivity index (χ0n) is 10.5. The van der Waals surface area contributed by atoms with Crippen LogP contribution in [0.5, 0.6) is 11.5 Å². The Balaban J connectivity index is 1.69. The number of benzene rings is 1. The molecule has 2 aliphatic heterocycles. The van der Waals surface area contributed by atoms with Crippen LogP contribution in [0, 0.1) is 0 Å². The summed E-state index contributed by atoms with van der Waals surface area (Å²) in [5, 5.41) is 6.05. The molecule has 1 atom stereocenters. The molecule has 4 N–H and O–H groups in total. The minimum absolute atomic E-state index is 0.176. The van der Waals surface area contributed by atoms with Crippen LogP contribution in [0.1, 0.15) is 12.5 Å². The molecular weight excluding hydrogens is 246 g/mol. The molecule has 19 heavy (non-hydrogen) atoms. The summed E-state index contributed by atoms with van der Waals surface area (Å²) in [6, 6.07) is 5.79. The molecule has 0 saturated carbocycles. The normalized spacial score (nSPS) is 20.4. The van der Waals surface area contributed by atoms with Crippen LogP contribution in [0.4, 0.5) is 0 Å². The molecule has 0 aliphatic carbocycles. The summed E-state index contributed by atoms with van der Waals surface area (Å²) >= 11 is 0. The third-order valence-corrected chi connectivity index (χ3v) is 2.81. The molecule has 0 aromatic heterocycles. The Hall–Kier alpha value is -2.44. The van der Waals surface area contributed by atoms with Gasteiger partial charge in [0.05, 0.1) is 0 Å². The van der Waals surface area contributed by atoms with Crippen molar-refractivity contribution in [2.45, 2.75) is 19.6 Å². The Kier molecular flexibility index (Phi) is 2.86.